The predicted molar refractivity (Wildman–Crippen MR) is 174 cm³/mol. The topological polar surface area (TPSA) is 109 Å². The van der Waals surface area contributed by atoms with E-state index in [2.05, 4.69) is 10.3 Å². The lowest BCUT2D eigenvalue weighted by Crippen LogP contribution is -2.42. The maximum absolute atomic E-state index is 13.9. The van der Waals surface area contributed by atoms with Gasteiger partial charge in [-0.2, -0.15) is 0 Å². The summed E-state index contributed by atoms with van der Waals surface area (Å²) in [6, 6.07) is 17.7. The summed E-state index contributed by atoms with van der Waals surface area (Å²) in [4.78, 5) is 58.2. The average molecular weight is 697 g/mol. The van der Waals surface area contributed by atoms with Crippen molar-refractivity contribution in [2.45, 2.75) is 22.6 Å². The van der Waals surface area contributed by atoms with E-state index < -0.39 is 23.6 Å². The number of amides is 3. The molecule has 1 saturated heterocycles. The quantitative estimate of drug-likeness (QED) is 0.221. The number of hydrogen-bond donors (Lipinski definition) is 2. The Morgan fingerprint density at radius 3 is 2.48 bits per heavy atom. The lowest BCUT2D eigenvalue weighted by atomic mass is 9.68. The van der Waals surface area contributed by atoms with E-state index in [4.69, 9.17) is 27.9 Å². The number of carbonyl (C=O) groups is 3. The summed E-state index contributed by atoms with van der Waals surface area (Å²) in [7, 11) is 0. The molecule has 4 aromatic rings. The third-order valence-electron chi connectivity index (χ3n) is 9.62. The van der Waals surface area contributed by atoms with Crippen molar-refractivity contribution in [2.75, 3.05) is 16.8 Å². The van der Waals surface area contributed by atoms with Crippen LogP contribution < -0.4 is 19.8 Å². The van der Waals surface area contributed by atoms with Gasteiger partial charge in [0.25, 0.3) is 5.91 Å². The zero-order valence-electron chi connectivity index (χ0n) is 23.7. The molecule has 1 aromatic heterocycles. The zero-order chi connectivity index (χ0) is 31.9. The van der Waals surface area contributed by atoms with Crippen LogP contribution in [0.3, 0.4) is 0 Å². The highest BCUT2D eigenvalue weighted by Crippen LogP contribution is 2.69. The molecule has 3 aromatic carbocycles. The summed E-state index contributed by atoms with van der Waals surface area (Å²) >= 11 is 14.8. The summed E-state index contributed by atoms with van der Waals surface area (Å²) in [5.41, 5.74) is 1.67. The maximum Gasteiger partial charge on any atom is 0.305 e. The lowest BCUT2D eigenvalue weighted by Gasteiger charge is -2.43. The van der Waals surface area contributed by atoms with Gasteiger partial charge in [0.05, 0.1) is 32.6 Å². The van der Waals surface area contributed by atoms with Crippen LogP contribution >= 0.6 is 46.3 Å². The first-order valence-corrected chi connectivity index (χ1v) is 17.1. The zero-order valence-corrected chi connectivity index (χ0v) is 26.9. The van der Waals surface area contributed by atoms with Crippen molar-refractivity contribution >= 4 is 75.4 Å². The van der Waals surface area contributed by atoms with Crippen molar-refractivity contribution < 1.29 is 23.5 Å². The minimum Gasteiger partial charge on any atom is -0.483 e. The second-order valence-corrected chi connectivity index (χ2v) is 15.0. The molecule has 2 N–H and O–H groups in total. The molecule has 8 rings (SSSR count). The molecule has 2 aliphatic carbocycles. The van der Waals surface area contributed by atoms with Crippen LogP contribution in [0.1, 0.15) is 22.8 Å². The highest BCUT2D eigenvalue weighted by atomic mass is 35.5. The number of thioether (sulfide) groups is 1. The van der Waals surface area contributed by atoms with E-state index in [1.807, 2.05) is 18.2 Å². The molecule has 3 heterocycles. The van der Waals surface area contributed by atoms with Crippen LogP contribution in [0.25, 0.3) is 0 Å². The third-order valence-corrected chi connectivity index (χ3v) is 13.0. The Labute approximate surface area is 280 Å². The summed E-state index contributed by atoms with van der Waals surface area (Å²) in [6.07, 6.45) is 0.719. The molecule has 13 heteroatoms. The van der Waals surface area contributed by atoms with E-state index in [1.54, 1.807) is 36.0 Å². The number of thiazole rings is 1. The number of halogens is 3. The number of para-hydroxylation sites is 1. The van der Waals surface area contributed by atoms with Crippen LogP contribution in [-0.4, -0.2) is 34.6 Å². The fraction of sp³-hybridized carbons (Fsp3) is 0.273. The summed E-state index contributed by atoms with van der Waals surface area (Å²) < 4.78 is 19.8. The van der Waals surface area contributed by atoms with Crippen molar-refractivity contribution in [3.8, 4) is 5.75 Å². The molecule has 8 nitrogen and oxygen atoms in total. The molecule has 0 radical (unpaired) electrons. The molecular formula is C33H24Cl2FN3O5S2. The number of imide groups is 1. The van der Waals surface area contributed by atoms with E-state index in [-0.39, 0.29) is 52.2 Å². The summed E-state index contributed by atoms with van der Waals surface area (Å²) in [5.74, 6) is -2.36. The molecule has 2 aliphatic heterocycles. The van der Waals surface area contributed by atoms with Crippen LogP contribution in [0.5, 0.6) is 5.75 Å². The van der Waals surface area contributed by atoms with Gasteiger partial charge in [0, 0.05) is 27.3 Å². The number of aromatic amines is 1. The Morgan fingerprint density at radius 1 is 0.978 bits per heavy atom. The van der Waals surface area contributed by atoms with Crippen LogP contribution in [0.4, 0.5) is 15.8 Å². The predicted octanol–water partition coefficient (Wildman–Crippen LogP) is 6.58. The standard InChI is InChI=1S/C33H24Cl2FN3O5S2/c34-20-10-7-15(11-21(20)35)37-23(40)13-44-22-4-2-1-3-17(22)24-25-18-12-19(28(25)45-30-29(24)46-33(43)38-30)27-26(18)31(41)39(32(27)42)16-8-5-14(36)6-9-16/h1-11,18-19,24-28H,12-13H2,(H,37,40)(H,38,43)/t18-,19-,24-,25?,26?,27?,28?/m1/s1. The Bertz CT molecular complexity index is 1980. The van der Waals surface area contributed by atoms with E-state index in [9.17, 15) is 23.6 Å². The number of hydrogen-bond acceptors (Lipinski definition) is 7. The van der Waals surface area contributed by atoms with Gasteiger partial charge in [-0.15, -0.1) is 11.8 Å². The van der Waals surface area contributed by atoms with Crippen LogP contribution in [0.15, 0.2) is 76.6 Å². The number of nitrogens with one attached hydrogen (secondary N) is 2. The van der Waals surface area contributed by atoms with Crippen molar-refractivity contribution in [3.05, 3.63) is 103 Å². The molecule has 3 amide bonds. The van der Waals surface area contributed by atoms with Crippen molar-refractivity contribution in [1.29, 1.82) is 0 Å². The van der Waals surface area contributed by atoms with Gasteiger partial charge in [-0.3, -0.25) is 24.1 Å². The number of anilines is 2. The number of nitrogens with zero attached hydrogens (tertiary/aromatic N) is 1. The average Bonchev–Trinajstić information content (AvgIpc) is 3.77. The number of H-pyrrole nitrogens is 1. The maximum atomic E-state index is 13.9. The highest BCUT2D eigenvalue weighted by molar-refractivity contribution is 8.00. The number of aromatic nitrogens is 1. The molecular weight excluding hydrogens is 672 g/mol. The Morgan fingerprint density at radius 2 is 1.72 bits per heavy atom. The Hall–Kier alpha value is -3.64. The highest BCUT2D eigenvalue weighted by Gasteiger charge is 2.69. The molecule has 46 heavy (non-hydrogen) atoms. The van der Waals surface area contributed by atoms with Crippen molar-refractivity contribution in [1.82, 2.24) is 4.98 Å². The number of carbonyl (C=O) groups excluding carboxylic acids is 3. The molecule has 0 spiro atoms. The smallest absolute Gasteiger partial charge is 0.305 e. The second-order valence-electron chi connectivity index (χ2n) is 12.0. The number of fused-ring (bicyclic) bond motifs is 9. The SMILES string of the molecule is O=C(COc1ccccc1[C@H]1c2sc(=O)[nH]c2SC2C1[C@H]1C[C@@H]2C2C(=O)N(c3ccc(F)cc3)C(=O)C21)Nc1ccc(Cl)c(Cl)c1. The number of ether oxygens (including phenoxy) is 1. The van der Waals surface area contributed by atoms with Gasteiger partial charge >= 0.3 is 4.87 Å². The third kappa shape index (κ3) is 4.70. The van der Waals surface area contributed by atoms with E-state index >= 15 is 0 Å². The normalized spacial score (nSPS) is 27.4. The Balaban J connectivity index is 1.11. The van der Waals surface area contributed by atoms with E-state index in [1.165, 1.54) is 29.2 Å². The summed E-state index contributed by atoms with van der Waals surface area (Å²) in [5, 5.41) is 4.19. The van der Waals surface area contributed by atoms with Gasteiger partial charge in [0.1, 0.15) is 11.6 Å². The molecule has 4 aliphatic rings. The fourth-order valence-corrected chi connectivity index (χ4v) is 11.2. The van der Waals surface area contributed by atoms with Gasteiger partial charge in [-0.1, -0.05) is 52.7 Å². The van der Waals surface area contributed by atoms with Gasteiger partial charge < -0.3 is 15.0 Å². The molecule has 234 valence electrons. The first-order chi connectivity index (χ1) is 22.2. The first kappa shape index (κ1) is 29.7. The minimum absolute atomic E-state index is 0.0232. The number of benzene rings is 3. The second kappa shape index (κ2) is 11.3. The van der Waals surface area contributed by atoms with Crippen molar-refractivity contribution in [2.24, 2.45) is 29.6 Å². The number of rotatable bonds is 6. The monoisotopic (exact) mass is 695 g/mol. The molecule has 7 atom stereocenters. The summed E-state index contributed by atoms with van der Waals surface area (Å²) in [6.45, 7) is -0.278. The van der Waals surface area contributed by atoms with Gasteiger partial charge in [-0.05, 0) is 72.7 Å². The molecule has 2 bridgehead atoms. The van der Waals surface area contributed by atoms with Gasteiger partial charge in [-0.25, -0.2) is 4.39 Å². The lowest BCUT2D eigenvalue weighted by molar-refractivity contribution is -0.123. The van der Waals surface area contributed by atoms with E-state index in [0.717, 1.165) is 33.2 Å². The molecule has 2 saturated carbocycles. The van der Waals surface area contributed by atoms with Crippen LogP contribution in [0, 0.1) is 35.4 Å². The van der Waals surface area contributed by atoms with Crippen molar-refractivity contribution in [3.63, 3.8) is 0 Å². The first-order valence-electron chi connectivity index (χ1n) is 14.7. The van der Waals surface area contributed by atoms with Crippen LogP contribution in [0.2, 0.25) is 10.0 Å². The minimum atomic E-state index is -0.505. The molecule has 4 unspecified atom stereocenters. The van der Waals surface area contributed by atoms with E-state index in [0.29, 0.717) is 27.2 Å². The van der Waals surface area contributed by atoms with Gasteiger partial charge in [0.2, 0.25) is 11.8 Å². The Kier molecular flexibility index (Phi) is 7.28. The largest absolute Gasteiger partial charge is 0.483 e. The van der Waals surface area contributed by atoms with Gasteiger partial charge in [0.15, 0.2) is 6.61 Å². The fourth-order valence-electron chi connectivity index (χ4n) is 7.99. The van der Waals surface area contributed by atoms with Crippen LogP contribution in [-0.2, 0) is 14.4 Å². The molecule has 3 fully saturated rings.